The largest absolute Gasteiger partial charge is 0.355 e. The third-order valence-corrected chi connectivity index (χ3v) is 5.37. The van der Waals surface area contributed by atoms with Gasteiger partial charge >= 0.3 is 0 Å². The maximum absolute atomic E-state index is 6.90. The molecule has 0 aromatic heterocycles. The van der Waals surface area contributed by atoms with Crippen LogP contribution < -0.4 is 0 Å². The van der Waals surface area contributed by atoms with E-state index >= 15 is 0 Å². The van der Waals surface area contributed by atoms with Crippen LogP contribution in [0.3, 0.4) is 0 Å². The van der Waals surface area contributed by atoms with Gasteiger partial charge in [-0.25, -0.2) is 0 Å². The molecule has 1 heterocycles. The van der Waals surface area contributed by atoms with Crippen LogP contribution in [0.2, 0.25) is 0 Å². The minimum atomic E-state index is 0.116. The van der Waals surface area contributed by atoms with Crippen LogP contribution in [-0.4, -0.2) is 29.3 Å². The molecule has 0 amide bonds. The highest BCUT2D eigenvalue weighted by Crippen LogP contribution is 2.44. The minimum absolute atomic E-state index is 0.116. The number of nitrogens with zero attached hydrogens (tertiary/aromatic N) is 1. The van der Waals surface area contributed by atoms with Crippen molar-refractivity contribution in [2.75, 3.05) is 6.54 Å². The first-order chi connectivity index (χ1) is 11.0. The van der Waals surface area contributed by atoms with Crippen LogP contribution in [-0.2, 0) is 4.74 Å². The van der Waals surface area contributed by atoms with Crippen molar-refractivity contribution in [2.45, 2.75) is 124 Å². The number of ether oxygens (including phenoxy) is 1. The second-order valence-electron chi connectivity index (χ2n) is 8.02. The van der Waals surface area contributed by atoms with E-state index in [9.17, 15) is 0 Å². The molecule has 0 radical (unpaired) electrons. The summed E-state index contributed by atoms with van der Waals surface area (Å²) >= 11 is 0. The van der Waals surface area contributed by atoms with Crippen LogP contribution in [0.5, 0.6) is 0 Å². The highest BCUT2D eigenvalue weighted by atomic mass is 16.5. The topological polar surface area (TPSA) is 12.5 Å². The second-order valence-corrected chi connectivity index (χ2v) is 8.02. The summed E-state index contributed by atoms with van der Waals surface area (Å²) in [4.78, 5) is 2.74. The zero-order chi connectivity index (χ0) is 17.3. The molecule has 0 aliphatic carbocycles. The molecule has 0 N–H and O–H groups in total. The summed E-state index contributed by atoms with van der Waals surface area (Å²) in [7, 11) is 0. The first-order valence-electron chi connectivity index (χ1n) is 10.5. The van der Waals surface area contributed by atoms with Gasteiger partial charge in [0.05, 0.1) is 5.60 Å². The summed E-state index contributed by atoms with van der Waals surface area (Å²) < 4.78 is 6.90. The van der Waals surface area contributed by atoms with Crippen LogP contribution in [0.25, 0.3) is 0 Å². The van der Waals surface area contributed by atoms with Crippen LogP contribution in [0.4, 0.5) is 0 Å². The van der Waals surface area contributed by atoms with E-state index in [0.29, 0.717) is 12.3 Å². The van der Waals surface area contributed by atoms with E-state index in [1.807, 2.05) is 0 Å². The summed E-state index contributed by atoms with van der Waals surface area (Å²) in [5.41, 5.74) is 0.116. The molecule has 1 rings (SSSR count). The Kier molecular flexibility index (Phi) is 9.77. The van der Waals surface area contributed by atoms with Crippen molar-refractivity contribution in [3.63, 3.8) is 0 Å². The Balaban J connectivity index is 3.07. The highest BCUT2D eigenvalue weighted by Gasteiger charge is 2.51. The van der Waals surface area contributed by atoms with Gasteiger partial charge in [0.2, 0.25) is 0 Å². The van der Waals surface area contributed by atoms with E-state index in [-0.39, 0.29) is 5.60 Å². The Labute approximate surface area is 146 Å². The van der Waals surface area contributed by atoms with E-state index in [1.54, 1.807) is 0 Å². The Bertz CT molecular complexity index is 294. The summed E-state index contributed by atoms with van der Waals surface area (Å²) in [5, 5.41) is 0. The van der Waals surface area contributed by atoms with Gasteiger partial charge in [-0.15, -0.1) is 0 Å². The zero-order valence-electron chi connectivity index (χ0n) is 16.9. The predicted octanol–water partition coefficient (Wildman–Crippen LogP) is 6.39. The normalized spacial score (nSPS) is 24.7. The summed E-state index contributed by atoms with van der Waals surface area (Å²) in [5.74, 6) is 0.742. The van der Waals surface area contributed by atoms with Crippen LogP contribution in [0.1, 0.15) is 106 Å². The Hall–Kier alpha value is -0.0800. The lowest BCUT2D eigenvalue weighted by Gasteiger charge is -2.38. The minimum Gasteiger partial charge on any atom is -0.355 e. The van der Waals surface area contributed by atoms with E-state index in [0.717, 1.165) is 5.92 Å². The lowest BCUT2D eigenvalue weighted by molar-refractivity contribution is -0.0747. The van der Waals surface area contributed by atoms with Crippen molar-refractivity contribution >= 4 is 0 Å². The number of hydrogen-bond donors (Lipinski definition) is 0. The predicted molar refractivity (Wildman–Crippen MR) is 102 cm³/mol. The molecule has 23 heavy (non-hydrogen) atoms. The van der Waals surface area contributed by atoms with Gasteiger partial charge in [0.1, 0.15) is 6.23 Å². The summed E-state index contributed by atoms with van der Waals surface area (Å²) in [6.07, 6.45) is 12.9. The fourth-order valence-corrected chi connectivity index (χ4v) is 4.27. The highest BCUT2D eigenvalue weighted by molar-refractivity contribution is 5.01. The van der Waals surface area contributed by atoms with Crippen molar-refractivity contribution in [2.24, 2.45) is 5.92 Å². The SMILES string of the molecule is CCCCC1(CCCC)O[C@H](CCC)N(CCC)[C@H]1CC(C)C. The monoisotopic (exact) mass is 325 g/mol. The number of hydrogen-bond acceptors (Lipinski definition) is 2. The third kappa shape index (κ3) is 5.74. The molecule has 0 spiro atoms. The zero-order valence-corrected chi connectivity index (χ0v) is 16.9. The van der Waals surface area contributed by atoms with Gasteiger partial charge in [0.25, 0.3) is 0 Å². The Morgan fingerprint density at radius 3 is 1.96 bits per heavy atom. The fourth-order valence-electron chi connectivity index (χ4n) is 4.27. The quantitative estimate of drug-likeness (QED) is 0.412. The van der Waals surface area contributed by atoms with Gasteiger partial charge in [-0.2, -0.15) is 0 Å². The van der Waals surface area contributed by atoms with Crippen molar-refractivity contribution in [3.05, 3.63) is 0 Å². The van der Waals surface area contributed by atoms with E-state index in [1.165, 1.54) is 70.8 Å². The third-order valence-electron chi connectivity index (χ3n) is 5.37. The van der Waals surface area contributed by atoms with E-state index in [4.69, 9.17) is 4.74 Å². The smallest absolute Gasteiger partial charge is 0.111 e. The average molecular weight is 326 g/mol. The standard InChI is InChI=1S/C21H43NO/c1-7-11-14-21(15-12-8-2)19(17-18(5)6)22(16-10-4)20(23-21)13-9-3/h18-20H,7-17H2,1-6H3/t19-,20+/m0/s1. The fraction of sp³-hybridized carbons (Fsp3) is 1.00. The molecule has 0 unspecified atom stereocenters. The van der Waals surface area contributed by atoms with Gasteiger partial charge in [-0.1, -0.05) is 73.6 Å². The van der Waals surface area contributed by atoms with E-state index < -0.39 is 0 Å². The van der Waals surface area contributed by atoms with Crippen LogP contribution >= 0.6 is 0 Å². The van der Waals surface area contributed by atoms with Crippen molar-refractivity contribution in [1.82, 2.24) is 4.90 Å². The maximum Gasteiger partial charge on any atom is 0.111 e. The molecule has 0 saturated carbocycles. The first-order valence-corrected chi connectivity index (χ1v) is 10.5. The van der Waals surface area contributed by atoms with Gasteiger partial charge < -0.3 is 4.74 Å². The lowest BCUT2D eigenvalue weighted by atomic mass is 9.80. The average Bonchev–Trinajstić information content (AvgIpc) is 2.78. The molecular weight excluding hydrogens is 282 g/mol. The van der Waals surface area contributed by atoms with Crippen LogP contribution in [0.15, 0.2) is 0 Å². The lowest BCUT2D eigenvalue weighted by Crippen LogP contribution is -2.47. The molecule has 1 aliphatic heterocycles. The molecule has 1 aliphatic rings. The summed E-state index contributed by atoms with van der Waals surface area (Å²) in [6, 6.07) is 0.622. The molecule has 2 heteroatoms. The van der Waals surface area contributed by atoms with Gasteiger partial charge in [-0.3, -0.25) is 4.90 Å². The number of rotatable bonds is 12. The van der Waals surface area contributed by atoms with Crippen molar-refractivity contribution < 1.29 is 4.74 Å². The molecule has 0 aromatic rings. The molecule has 1 saturated heterocycles. The molecule has 2 nitrogen and oxygen atoms in total. The van der Waals surface area contributed by atoms with Crippen molar-refractivity contribution in [3.8, 4) is 0 Å². The Morgan fingerprint density at radius 1 is 0.913 bits per heavy atom. The second kappa shape index (κ2) is 10.7. The van der Waals surface area contributed by atoms with Gasteiger partial charge in [0.15, 0.2) is 0 Å². The van der Waals surface area contributed by atoms with E-state index in [2.05, 4.69) is 46.4 Å². The van der Waals surface area contributed by atoms with Gasteiger partial charge in [0, 0.05) is 12.6 Å². The molecule has 2 atom stereocenters. The van der Waals surface area contributed by atoms with Gasteiger partial charge in [-0.05, 0) is 38.0 Å². The van der Waals surface area contributed by atoms with Crippen LogP contribution in [0, 0.1) is 5.92 Å². The molecule has 0 bridgehead atoms. The first kappa shape index (κ1) is 21.0. The molecule has 138 valence electrons. The molecular formula is C21H43NO. The molecule has 1 fully saturated rings. The number of unbranched alkanes of at least 4 members (excludes halogenated alkanes) is 2. The molecule has 0 aromatic carbocycles. The summed E-state index contributed by atoms with van der Waals surface area (Å²) in [6.45, 7) is 15.2. The van der Waals surface area contributed by atoms with Crippen molar-refractivity contribution in [1.29, 1.82) is 0 Å². The maximum atomic E-state index is 6.90. The Morgan fingerprint density at radius 2 is 1.52 bits per heavy atom.